The first kappa shape index (κ1) is 20.2. The lowest BCUT2D eigenvalue weighted by Gasteiger charge is -2.26. The van der Waals surface area contributed by atoms with Crippen molar-refractivity contribution in [3.8, 4) is 0 Å². The van der Waals surface area contributed by atoms with Gasteiger partial charge in [0.1, 0.15) is 0 Å². The Bertz CT molecular complexity index is 942. The first-order valence-corrected chi connectivity index (χ1v) is 12.0. The Hall–Kier alpha value is -1.54. The molecule has 0 bridgehead atoms. The van der Waals surface area contributed by atoms with Crippen molar-refractivity contribution in [3.05, 3.63) is 58.6 Å². The van der Waals surface area contributed by atoms with Crippen molar-refractivity contribution in [2.45, 2.75) is 11.4 Å². The van der Waals surface area contributed by atoms with Gasteiger partial charge in [-0.3, -0.25) is 9.69 Å². The average molecular weight is 425 g/mol. The zero-order valence-electron chi connectivity index (χ0n) is 14.9. The molecule has 5 nitrogen and oxygen atoms in total. The average Bonchev–Trinajstić information content (AvgIpc) is 2.62. The van der Waals surface area contributed by atoms with Crippen molar-refractivity contribution in [2.24, 2.45) is 0 Å². The van der Waals surface area contributed by atoms with Gasteiger partial charge in [0.15, 0.2) is 9.84 Å². The molecule has 1 heterocycles. The quantitative estimate of drug-likeness (QED) is 0.795. The zero-order chi connectivity index (χ0) is 19.4. The number of carbonyl (C=O) groups excluding carboxylic acids is 1. The van der Waals surface area contributed by atoms with Crippen LogP contribution in [0.25, 0.3) is 0 Å². The topological polar surface area (TPSA) is 66.5 Å². The highest BCUT2D eigenvalue weighted by atomic mass is 35.5. The van der Waals surface area contributed by atoms with E-state index in [-0.39, 0.29) is 15.5 Å². The van der Waals surface area contributed by atoms with Gasteiger partial charge in [0.25, 0.3) is 5.91 Å². The van der Waals surface area contributed by atoms with Crippen LogP contribution in [0.3, 0.4) is 0 Å². The van der Waals surface area contributed by atoms with E-state index in [2.05, 4.69) is 10.2 Å². The van der Waals surface area contributed by atoms with Gasteiger partial charge in [0, 0.05) is 43.1 Å². The minimum Gasteiger partial charge on any atom is -0.322 e. The predicted octanol–water partition coefficient (Wildman–Crippen LogP) is 3.54. The molecular weight excluding hydrogens is 404 g/mol. The Labute approximate surface area is 169 Å². The molecule has 1 aliphatic heterocycles. The molecule has 144 valence electrons. The number of hydrogen-bond donors (Lipinski definition) is 1. The van der Waals surface area contributed by atoms with E-state index < -0.39 is 15.7 Å². The molecule has 2 aromatic rings. The molecule has 0 saturated carbocycles. The second-order valence-electron chi connectivity index (χ2n) is 6.46. The highest BCUT2D eigenvalue weighted by Gasteiger charge is 2.16. The normalized spacial score (nSPS) is 15.5. The van der Waals surface area contributed by atoms with E-state index in [1.807, 2.05) is 36.0 Å². The summed E-state index contributed by atoms with van der Waals surface area (Å²) in [6, 6.07) is 11.8. The minimum atomic E-state index is -3.42. The monoisotopic (exact) mass is 424 g/mol. The van der Waals surface area contributed by atoms with E-state index >= 15 is 0 Å². The fourth-order valence-corrected chi connectivity index (χ4v) is 4.70. The minimum absolute atomic E-state index is 0.0637. The molecule has 1 amide bonds. The first-order chi connectivity index (χ1) is 12.8. The van der Waals surface area contributed by atoms with Crippen LogP contribution in [-0.4, -0.2) is 50.1 Å². The number of thioether (sulfide) groups is 1. The number of rotatable bonds is 5. The maximum Gasteiger partial charge on any atom is 0.257 e. The summed E-state index contributed by atoms with van der Waals surface area (Å²) < 4.78 is 23.5. The van der Waals surface area contributed by atoms with Crippen LogP contribution < -0.4 is 5.32 Å². The van der Waals surface area contributed by atoms with Crippen LogP contribution in [0.1, 0.15) is 15.9 Å². The van der Waals surface area contributed by atoms with Gasteiger partial charge in [0.2, 0.25) is 0 Å². The largest absolute Gasteiger partial charge is 0.322 e. The van der Waals surface area contributed by atoms with Crippen LogP contribution in [0, 0.1) is 0 Å². The third kappa shape index (κ3) is 5.48. The first-order valence-electron chi connectivity index (χ1n) is 8.53. The highest BCUT2D eigenvalue weighted by Crippen LogP contribution is 2.22. The van der Waals surface area contributed by atoms with Crippen molar-refractivity contribution in [1.29, 1.82) is 0 Å². The number of nitrogens with zero attached hydrogens (tertiary/aromatic N) is 1. The van der Waals surface area contributed by atoms with Crippen molar-refractivity contribution in [1.82, 2.24) is 4.90 Å². The maximum absolute atomic E-state index is 12.6. The second kappa shape index (κ2) is 8.65. The molecule has 0 aromatic heterocycles. The van der Waals surface area contributed by atoms with Gasteiger partial charge in [-0.2, -0.15) is 11.8 Å². The fraction of sp³-hybridized carbons (Fsp3) is 0.316. The lowest BCUT2D eigenvalue weighted by atomic mass is 10.1. The highest BCUT2D eigenvalue weighted by molar-refractivity contribution is 7.99. The number of hydrogen-bond acceptors (Lipinski definition) is 5. The van der Waals surface area contributed by atoms with Crippen molar-refractivity contribution in [3.63, 3.8) is 0 Å². The molecular formula is C19H21ClN2O3S2. The number of nitrogens with one attached hydrogen (secondary N) is 1. The smallest absolute Gasteiger partial charge is 0.257 e. The summed E-state index contributed by atoms with van der Waals surface area (Å²) in [7, 11) is -3.42. The van der Waals surface area contributed by atoms with E-state index in [1.165, 1.54) is 18.2 Å². The zero-order valence-corrected chi connectivity index (χ0v) is 17.3. The Morgan fingerprint density at radius 3 is 2.63 bits per heavy atom. The Morgan fingerprint density at radius 2 is 1.93 bits per heavy atom. The summed E-state index contributed by atoms with van der Waals surface area (Å²) >= 11 is 8.07. The van der Waals surface area contributed by atoms with Gasteiger partial charge >= 0.3 is 0 Å². The molecule has 8 heteroatoms. The molecule has 1 fully saturated rings. The molecule has 2 aromatic carbocycles. The molecule has 0 spiro atoms. The number of anilines is 1. The fourth-order valence-electron chi connectivity index (χ4n) is 2.87. The summed E-state index contributed by atoms with van der Waals surface area (Å²) in [5.74, 6) is 1.86. The summed E-state index contributed by atoms with van der Waals surface area (Å²) in [5, 5.41) is 3.02. The van der Waals surface area contributed by atoms with Crippen LogP contribution in [0.15, 0.2) is 47.4 Å². The van der Waals surface area contributed by atoms with E-state index in [0.29, 0.717) is 5.69 Å². The van der Waals surface area contributed by atoms with Crippen LogP contribution in [0.2, 0.25) is 5.02 Å². The molecule has 27 heavy (non-hydrogen) atoms. The number of halogens is 1. The summed E-state index contributed by atoms with van der Waals surface area (Å²) in [6.07, 6.45) is 1.10. The van der Waals surface area contributed by atoms with Gasteiger partial charge in [-0.05, 0) is 35.9 Å². The van der Waals surface area contributed by atoms with Gasteiger partial charge in [-0.15, -0.1) is 0 Å². The molecule has 1 saturated heterocycles. The van der Waals surface area contributed by atoms with Crippen LogP contribution in [-0.2, 0) is 16.4 Å². The molecule has 0 radical (unpaired) electrons. The Morgan fingerprint density at radius 1 is 1.19 bits per heavy atom. The summed E-state index contributed by atoms with van der Waals surface area (Å²) in [4.78, 5) is 15.1. The molecule has 1 aliphatic rings. The van der Waals surface area contributed by atoms with E-state index in [9.17, 15) is 13.2 Å². The maximum atomic E-state index is 12.6. The van der Waals surface area contributed by atoms with Gasteiger partial charge in [-0.1, -0.05) is 23.7 Å². The van der Waals surface area contributed by atoms with Crippen molar-refractivity contribution >= 4 is 44.8 Å². The van der Waals surface area contributed by atoms with Crippen LogP contribution in [0.4, 0.5) is 5.69 Å². The Balaban J connectivity index is 1.75. The van der Waals surface area contributed by atoms with Gasteiger partial charge in [0.05, 0.1) is 15.5 Å². The third-order valence-corrected chi connectivity index (χ3v) is 6.69. The van der Waals surface area contributed by atoms with E-state index in [0.717, 1.165) is 43.0 Å². The summed E-state index contributed by atoms with van der Waals surface area (Å²) in [6.45, 7) is 2.97. The van der Waals surface area contributed by atoms with E-state index in [4.69, 9.17) is 11.6 Å². The molecule has 0 aliphatic carbocycles. The standard InChI is InChI=1S/C19H21ClN2O3S2/c1-27(24,25)16-5-6-18(20)17(12-16)19(23)21-15-4-2-3-14(11-15)13-22-7-9-26-10-8-22/h2-6,11-12H,7-10,13H2,1H3,(H,21,23). The molecule has 0 unspecified atom stereocenters. The van der Waals surface area contributed by atoms with Gasteiger partial charge in [-0.25, -0.2) is 8.42 Å². The van der Waals surface area contributed by atoms with Crippen molar-refractivity contribution < 1.29 is 13.2 Å². The van der Waals surface area contributed by atoms with Gasteiger partial charge < -0.3 is 5.32 Å². The van der Waals surface area contributed by atoms with Crippen LogP contribution >= 0.6 is 23.4 Å². The predicted molar refractivity (Wildman–Crippen MR) is 112 cm³/mol. The molecule has 3 rings (SSSR count). The molecule has 0 atom stereocenters. The number of amides is 1. The lowest BCUT2D eigenvalue weighted by molar-refractivity contribution is 0.102. The van der Waals surface area contributed by atoms with E-state index in [1.54, 1.807) is 0 Å². The van der Waals surface area contributed by atoms with Crippen LogP contribution in [0.5, 0.6) is 0 Å². The van der Waals surface area contributed by atoms with Crippen molar-refractivity contribution in [2.75, 3.05) is 36.2 Å². The summed E-state index contributed by atoms with van der Waals surface area (Å²) in [5.41, 5.74) is 1.92. The Kier molecular flexibility index (Phi) is 6.47. The third-order valence-electron chi connectivity index (χ3n) is 4.31. The SMILES string of the molecule is CS(=O)(=O)c1ccc(Cl)c(C(=O)Nc2cccc(CN3CCSCC3)c2)c1. The number of carbonyl (C=O) groups is 1. The molecule has 1 N–H and O–H groups in total. The number of sulfone groups is 1. The number of benzene rings is 2. The lowest BCUT2D eigenvalue weighted by Crippen LogP contribution is -2.31. The second-order valence-corrected chi connectivity index (χ2v) is 10.1.